The van der Waals surface area contributed by atoms with Crippen LogP contribution in [0.15, 0.2) is 47.4 Å². The van der Waals surface area contributed by atoms with Gasteiger partial charge in [-0.05, 0) is 54.8 Å². The van der Waals surface area contributed by atoms with Crippen LogP contribution in [-0.2, 0) is 25.5 Å². The van der Waals surface area contributed by atoms with Gasteiger partial charge in [0.1, 0.15) is 0 Å². The molecule has 0 atom stereocenters. The molecule has 2 aromatic rings. The lowest BCUT2D eigenvalue weighted by Crippen LogP contribution is -2.50. The molecule has 2 aliphatic carbocycles. The molecule has 0 bridgehead atoms. The quantitative estimate of drug-likeness (QED) is 0.562. The predicted molar refractivity (Wildman–Crippen MR) is 136 cm³/mol. The zero-order valence-corrected chi connectivity index (χ0v) is 22.0. The van der Waals surface area contributed by atoms with Crippen LogP contribution in [-0.4, -0.2) is 47.5 Å². The molecule has 2 aromatic carbocycles. The monoisotopic (exact) mass is 553 g/mol. The first-order valence-electron chi connectivity index (χ1n) is 12.2. The number of carbonyl (C=O) groups is 1. The van der Waals surface area contributed by atoms with E-state index in [1.54, 1.807) is 23.1 Å². The van der Waals surface area contributed by atoms with Crippen molar-refractivity contribution in [2.75, 3.05) is 22.4 Å². The topological polar surface area (TPSA) is 113 Å². The molecular formula is C25H29F2N3O5S2. The molecule has 0 saturated heterocycles. The van der Waals surface area contributed by atoms with E-state index in [0.29, 0.717) is 17.9 Å². The molecule has 0 aromatic heterocycles. The summed E-state index contributed by atoms with van der Waals surface area (Å²) in [5.41, 5.74) is 1.87. The van der Waals surface area contributed by atoms with E-state index in [1.165, 1.54) is 24.3 Å². The average molecular weight is 554 g/mol. The second-order valence-electron chi connectivity index (χ2n) is 10.4. The second-order valence-corrected chi connectivity index (χ2v) is 13.9. The zero-order chi connectivity index (χ0) is 26.6. The van der Waals surface area contributed by atoms with Crippen molar-refractivity contribution in [1.82, 2.24) is 4.72 Å². The lowest BCUT2D eigenvalue weighted by atomic mass is 9.70. The maximum absolute atomic E-state index is 13.7. The number of nitrogens with one attached hydrogen (secondary N) is 2. The van der Waals surface area contributed by atoms with Crippen LogP contribution in [0.1, 0.15) is 60.9 Å². The van der Waals surface area contributed by atoms with Crippen LogP contribution in [0.2, 0.25) is 0 Å². The highest BCUT2D eigenvalue weighted by Crippen LogP contribution is 2.50. The number of alkyl halides is 2. The molecule has 12 heteroatoms. The zero-order valence-electron chi connectivity index (χ0n) is 20.3. The lowest BCUT2D eigenvalue weighted by Gasteiger charge is -2.35. The van der Waals surface area contributed by atoms with Gasteiger partial charge in [-0.3, -0.25) is 9.52 Å². The number of rotatable bonds is 6. The van der Waals surface area contributed by atoms with E-state index in [0.717, 1.165) is 43.9 Å². The summed E-state index contributed by atoms with van der Waals surface area (Å²) >= 11 is 0. The molecule has 200 valence electrons. The molecule has 2 fully saturated rings. The first-order chi connectivity index (χ1) is 17.3. The van der Waals surface area contributed by atoms with Crippen LogP contribution >= 0.6 is 0 Å². The fraction of sp³-hybridized carbons (Fsp3) is 0.480. The summed E-state index contributed by atoms with van der Waals surface area (Å²) in [6.45, 7) is 0.413. The van der Waals surface area contributed by atoms with E-state index >= 15 is 0 Å². The van der Waals surface area contributed by atoms with Gasteiger partial charge in [0.15, 0.2) is 0 Å². The summed E-state index contributed by atoms with van der Waals surface area (Å²) in [4.78, 5) is 15.2. The maximum atomic E-state index is 13.7. The van der Waals surface area contributed by atoms with Crippen molar-refractivity contribution in [3.8, 4) is 0 Å². The third-order valence-corrected chi connectivity index (χ3v) is 9.61. The molecule has 1 amide bonds. The van der Waals surface area contributed by atoms with Crippen LogP contribution in [0.3, 0.4) is 0 Å². The van der Waals surface area contributed by atoms with Crippen LogP contribution in [0, 0.1) is 0 Å². The number of carbonyl (C=O) groups excluding carboxylic acids is 1. The van der Waals surface area contributed by atoms with Crippen molar-refractivity contribution in [2.24, 2.45) is 0 Å². The Morgan fingerprint density at radius 2 is 1.70 bits per heavy atom. The van der Waals surface area contributed by atoms with Gasteiger partial charge in [-0.25, -0.2) is 30.3 Å². The predicted octanol–water partition coefficient (Wildman–Crippen LogP) is 4.00. The summed E-state index contributed by atoms with van der Waals surface area (Å²) in [5, 5.41) is 0. The van der Waals surface area contributed by atoms with Crippen molar-refractivity contribution < 1.29 is 30.4 Å². The Morgan fingerprint density at radius 3 is 2.35 bits per heavy atom. The molecular weight excluding hydrogens is 524 g/mol. The van der Waals surface area contributed by atoms with Crippen LogP contribution < -0.4 is 14.3 Å². The molecule has 5 rings (SSSR count). The molecule has 0 radical (unpaired) electrons. The van der Waals surface area contributed by atoms with E-state index in [1.807, 2.05) is 0 Å². The van der Waals surface area contributed by atoms with Gasteiger partial charge < -0.3 is 4.90 Å². The summed E-state index contributed by atoms with van der Waals surface area (Å²) < 4.78 is 80.3. The Labute approximate surface area is 215 Å². The van der Waals surface area contributed by atoms with Crippen LogP contribution in [0.5, 0.6) is 0 Å². The molecule has 1 aliphatic heterocycles. The van der Waals surface area contributed by atoms with E-state index < -0.39 is 44.9 Å². The fourth-order valence-electron chi connectivity index (χ4n) is 5.77. The number of hydrogen-bond acceptors (Lipinski definition) is 5. The number of amides is 1. The molecule has 37 heavy (non-hydrogen) atoms. The highest BCUT2D eigenvalue weighted by Gasteiger charge is 2.47. The number of anilines is 2. The van der Waals surface area contributed by atoms with Gasteiger partial charge >= 0.3 is 0 Å². The highest BCUT2D eigenvalue weighted by atomic mass is 32.2. The van der Waals surface area contributed by atoms with Crippen molar-refractivity contribution in [1.29, 1.82) is 0 Å². The highest BCUT2D eigenvalue weighted by molar-refractivity contribution is 7.92. The van der Waals surface area contributed by atoms with Crippen LogP contribution in [0.4, 0.5) is 20.2 Å². The van der Waals surface area contributed by atoms with E-state index in [2.05, 4.69) is 9.44 Å². The van der Waals surface area contributed by atoms with Gasteiger partial charge in [0, 0.05) is 47.8 Å². The van der Waals surface area contributed by atoms with Crippen molar-refractivity contribution in [2.45, 2.75) is 67.2 Å². The number of nitrogens with zero attached hydrogens (tertiary/aromatic N) is 1. The molecule has 2 saturated carbocycles. The van der Waals surface area contributed by atoms with Crippen molar-refractivity contribution >= 4 is 37.3 Å². The van der Waals surface area contributed by atoms with E-state index in [4.69, 9.17) is 0 Å². The summed E-state index contributed by atoms with van der Waals surface area (Å²) in [5.74, 6) is -3.24. The molecule has 8 nitrogen and oxygen atoms in total. The molecule has 1 spiro atoms. The standard InChI is InChI=1S/C25H29F2N3O5S2/c1-36(32,33)28-18-8-9-22-21(13-18)24(10-3-2-4-11-24)16-30(22)23(31)17-6-5-7-20(12-17)37(34,35)29-19-14-25(26,27)15-19/h5-9,12-13,19,28-29H,2-4,10-11,14-16H2,1H3. The summed E-state index contributed by atoms with van der Waals surface area (Å²) in [7, 11) is -7.56. The minimum atomic E-state index is -4.08. The smallest absolute Gasteiger partial charge is 0.258 e. The van der Waals surface area contributed by atoms with E-state index in [-0.39, 0.29) is 21.8 Å². The lowest BCUT2D eigenvalue weighted by molar-refractivity contribution is -0.0876. The second kappa shape index (κ2) is 9.02. The Bertz CT molecular complexity index is 1450. The largest absolute Gasteiger partial charge is 0.307 e. The first kappa shape index (κ1) is 26.1. The maximum Gasteiger partial charge on any atom is 0.258 e. The Hall–Kier alpha value is -2.57. The third-order valence-electron chi connectivity index (χ3n) is 7.48. The third kappa shape index (κ3) is 5.23. The number of sulfonamides is 2. The summed E-state index contributed by atoms with van der Waals surface area (Å²) in [6.07, 6.45) is 4.77. The van der Waals surface area contributed by atoms with Crippen LogP contribution in [0.25, 0.3) is 0 Å². The fourth-order valence-corrected chi connectivity index (χ4v) is 7.60. The van der Waals surface area contributed by atoms with Gasteiger partial charge in [0.2, 0.25) is 20.0 Å². The number of hydrogen-bond donors (Lipinski definition) is 2. The normalized spacial score (nSPS) is 20.9. The Kier molecular flexibility index (Phi) is 6.35. The molecule has 0 unspecified atom stereocenters. The number of halogens is 2. The van der Waals surface area contributed by atoms with Gasteiger partial charge in [-0.15, -0.1) is 0 Å². The SMILES string of the molecule is CS(=O)(=O)Nc1ccc2c(c1)C1(CCCCC1)CN2C(=O)c1cccc(S(=O)(=O)NC2CC(F)(F)C2)c1. The minimum absolute atomic E-state index is 0.159. The van der Waals surface area contributed by atoms with E-state index in [9.17, 15) is 30.4 Å². The molecule has 2 N–H and O–H groups in total. The number of benzene rings is 2. The Morgan fingerprint density at radius 1 is 1.00 bits per heavy atom. The Balaban J connectivity index is 1.45. The van der Waals surface area contributed by atoms with Crippen molar-refractivity contribution in [3.05, 3.63) is 53.6 Å². The average Bonchev–Trinajstić information content (AvgIpc) is 3.10. The van der Waals surface area contributed by atoms with Gasteiger partial charge in [0.25, 0.3) is 11.8 Å². The minimum Gasteiger partial charge on any atom is -0.307 e. The molecule has 3 aliphatic rings. The van der Waals surface area contributed by atoms with Gasteiger partial charge in [-0.2, -0.15) is 0 Å². The van der Waals surface area contributed by atoms with Crippen molar-refractivity contribution in [3.63, 3.8) is 0 Å². The summed E-state index contributed by atoms with van der Waals surface area (Å²) in [6, 6.07) is 9.89. The van der Waals surface area contributed by atoms with Gasteiger partial charge in [-0.1, -0.05) is 25.3 Å². The molecule has 1 heterocycles. The van der Waals surface area contributed by atoms with Gasteiger partial charge in [0.05, 0.1) is 11.2 Å². The number of fused-ring (bicyclic) bond motifs is 2. The first-order valence-corrected chi connectivity index (χ1v) is 15.6.